The molecule has 2 N–H and O–H groups in total. The molecule has 4 nitrogen and oxygen atoms in total. The summed E-state index contributed by atoms with van der Waals surface area (Å²) in [4.78, 5) is 11.8. The summed E-state index contributed by atoms with van der Waals surface area (Å²) >= 11 is 0. The highest BCUT2D eigenvalue weighted by Gasteiger charge is 2.34. The van der Waals surface area contributed by atoms with E-state index in [1.54, 1.807) is 0 Å². The van der Waals surface area contributed by atoms with Gasteiger partial charge in [-0.05, 0) is 37.1 Å². The van der Waals surface area contributed by atoms with E-state index in [1.807, 2.05) is 0 Å². The average molecular weight is 339 g/mol. The van der Waals surface area contributed by atoms with Gasteiger partial charge in [-0.15, -0.1) is 12.4 Å². The number of carbonyl (C=O) groups excluding carboxylic acids is 1. The number of hydrogen-bond donors (Lipinski definition) is 2. The average Bonchev–Trinajstić information content (AvgIpc) is 2.97. The normalized spacial score (nSPS) is 17.7. The van der Waals surface area contributed by atoms with Crippen LogP contribution in [0.2, 0.25) is 0 Å². The van der Waals surface area contributed by atoms with Crippen LogP contribution in [0.3, 0.4) is 0 Å². The zero-order chi connectivity index (χ0) is 15.5. The van der Waals surface area contributed by atoms with Gasteiger partial charge in [-0.3, -0.25) is 4.79 Å². The van der Waals surface area contributed by atoms with Gasteiger partial charge in [-0.25, -0.2) is 0 Å². The van der Waals surface area contributed by atoms with Crippen molar-refractivity contribution in [2.75, 3.05) is 13.7 Å². The van der Waals surface area contributed by atoms with E-state index in [1.165, 1.54) is 19.2 Å². The fourth-order valence-corrected chi connectivity index (χ4v) is 2.31. The van der Waals surface area contributed by atoms with Crippen molar-refractivity contribution in [3.05, 3.63) is 29.3 Å². The van der Waals surface area contributed by atoms with Gasteiger partial charge in [0.15, 0.2) is 0 Å². The number of halogens is 4. The summed E-state index contributed by atoms with van der Waals surface area (Å²) < 4.78 is 43.8. The van der Waals surface area contributed by atoms with Crippen LogP contribution in [0, 0.1) is 0 Å². The molecule has 0 aliphatic carbocycles. The summed E-state index contributed by atoms with van der Waals surface area (Å²) in [5, 5.41) is 5.55. The van der Waals surface area contributed by atoms with Crippen LogP contribution in [-0.2, 0) is 17.5 Å². The molecule has 0 bridgehead atoms. The number of amides is 1. The Bertz CT molecular complexity index is 517. The topological polar surface area (TPSA) is 50.4 Å². The molecular formula is C14H18ClF3N2O2. The first-order valence-electron chi connectivity index (χ1n) is 6.67. The Labute approximate surface area is 132 Å². The van der Waals surface area contributed by atoms with Crippen molar-refractivity contribution in [3.63, 3.8) is 0 Å². The van der Waals surface area contributed by atoms with E-state index in [-0.39, 0.29) is 42.2 Å². The zero-order valence-electron chi connectivity index (χ0n) is 12.0. The van der Waals surface area contributed by atoms with Crippen LogP contribution in [-0.4, -0.2) is 25.6 Å². The Morgan fingerprint density at radius 3 is 2.73 bits per heavy atom. The lowest BCUT2D eigenvalue weighted by atomic mass is 10.1. The molecule has 8 heteroatoms. The highest BCUT2D eigenvalue weighted by molar-refractivity contribution is 5.85. The third-order valence-corrected chi connectivity index (χ3v) is 3.45. The summed E-state index contributed by atoms with van der Waals surface area (Å²) in [5.41, 5.74) is -0.767. The Kier molecular flexibility index (Phi) is 6.49. The monoisotopic (exact) mass is 338 g/mol. The van der Waals surface area contributed by atoms with Crippen molar-refractivity contribution in [2.45, 2.75) is 31.6 Å². The van der Waals surface area contributed by atoms with E-state index in [0.29, 0.717) is 6.42 Å². The molecule has 1 heterocycles. The fraction of sp³-hybridized carbons (Fsp3) is 0.500. The molecule has 1 amide bonds. The highest BCUT2D eigenvalue weighted by Crippen LogP contribution is 2.34. The third-order valence-electron chi connectivity index (χ3n) is 3.45. The number of rotatable bonds is 4. The molecule has 0 aromatic heterocycles. The molecule has 1 fully saturated rings. The molecule has 2 rings (SSSR count). The molecule has 1 atom stereocenters. The quantitative estimate of drug-likeness (QED) is 0.887. The Morgan fingerprint density at radius 2 is 2.18 bits per heavy atom. The fourth-order valence-electron chi connectivity index (χ4n) is 2.31. The SMILES string of the molecule is COc1ccc(CNC(=O)C2CCCN2)c(C(F)(F)F)c1.Cl. The Hall–Kier alpha value is -1.47. The van der Waals surface area contributed by atoms with E-state index in [0.717, 1.165) is 19.0 Å². The second-order valence-electron chi connectivity index (χ2n) is 4.89. The summed E-state index contributed by atoms with van der Waals surface area (Å²) in [6, 6.07) is 3.40. The standard InChI is InChI=1S/C14H17F3N2O2.ClH/c1-21-10-5-4-9(11(7-10)14(15,16)17)8-19-13(20)12-3-2-6-18-12;/h4-5,7,12,18H,2-3,6,8H2,1H3,(H,19,20);1H. The lowest BCUT2D eigenvalue weighted by molar-refractivity contribution is -0.138. The van der Waals surface area contributed by atoms with Gasteiger partial charge in [-0.1, -0.05) is 6.07 Å². The Morgan fingerprint density at radius 1 is 1.45 bits per heavy atom. The van der Waals surface area contributed by atoms with Crippen LogP contribution >= 0.6 is 12.4 Å². The summed E-state index contributed by atoms with van der Waals surface area (Å²) in [6.45, 7) is 0.601. The summed E-state index contributed by atoms with van der Waals surface area (Å²) in [5.74, 6) is -0.133. The first-order chi connectivity index (χ1) is 9.91. The summed E-state index contributed by atoms with van der Waals surface area (Å²) in [7, 11) is 1.31. The lowest BCUT2D eigenvalue weighted by Crippen LogP contribution is -2.40. The lowest BCUT2D eigenvalue weighted by Gasteiger charge is -2.16. The van der Waals surface area contributed by atoms with Gasteiger partial charge in [0.25, 0.3) is 0 Å². The van der Waals surface area contributed by atoms with Gasteiger partial charge in [0, 0.05) is 6.54 Å². The van der Waals surface area contributed by atoms with Crippen molar-refractivity contribution in [1.29, 1.82) is 0 Å². The van der Waals surface area contributed by atoms with Crippen LogP contribution in [0.4, 0.5) is 13.2 Å². The maximum absolute atomic E-state index is 13.0. The van der Waals surface area contributed by atoms with Gasteiger partial charge < -0.3 is 15.4 Å². The minimum atomic E-state index is -4.49. The minimum absolute atomic E-state index is 0. The van der Waals surface area contributed by atoms with E-state index < -0.39 is 11.7 Å². The predicted octanol–water partition coefficient (Wildman–Crippen LogP) is 2.50. The molecular weight excluding hydrogens is 321 g/mol. The number of benzene rings is 1. The van der Waals surface area contributed by atoms with Gasteiger partial charge in [0.2, 0.25) is 5.91 Å². The van der Waals surface area contributed by atoms with Crippen LogP contribution in [0.25, 0.3) is 0 Å². The molecule has 1 saturated heterocycles. The number of methoxy groups -OCH3 is 1. The molecule has 124 valence electrons. The van der Waals surface area contributed by atoms with E-state index in [2.05, 4.69) is 10.6 Å². The molecule has 0 radical (unpaired) electrons. The highest BCUT2D eigenvalue weighted by atomic mass is 35.5. The minimum Gasteiger partial charge on any atom is -0.497 e. The number of ether oxygens (including phenoxy) is 1. The molecule has 0 saturated carbocycles. The molecule has 0 spiro atoms. The van der Waals surface area contributed by atoms with Crippen molar-refractivity contribution in [2.24, 2.45) is 0 Å². The third kappa shape index (κ3) is 4.51. The molecule has 1 aromatic carbocycles. The van der Waals surface area contributed by atoms with Gasteiger partial charge in [0.1, 0.15) is 5.75 Å². The van der Waals surface area contributed by atoms with E-state index in [9.17, 15) is 18.0 Å². The molecule has 1 aliphatic rings. The van der Waals surface area contributed by atoms with Crippen molar-refractivity contribution in [1.82, 2.24) is 10.6 Å². The number of nitrogens with one attached hydrogen (secondary N) is 2. The van der Waals surface area contributed by atoms with E-state index in [4.69, 9.17) is 4.74 Å². The van der Waals surface area contributed by atoms with Crippen molar-refractivity contribution >= 4 is 18.3 Å². The largest absolute Gasteiger partial charge is 0.497 e. The van der Waals surface area contributed by atoms with Gasteiger partial charge >= 0.3 is 6.18 Å². The molecule has 1 aliphatic heterocycles. The number of alkyl halides is 3. The summed E-state index contributed by atoms with van der Waals surface area (Å²) in [6.07, 6.45) is -2.88. The number of hydrogen-bond acceptors (Lipinski definition) is 3. The van der Waals surface area contributed by atoms with Gasteiger partial charge in [0.05, 0.1) is 18.7 Å². The maximum Gasteiger partial charge on any atom is 0.416 e. The molecule has 22 heavy (non-hydrogen) atoms. The Balaban J connectivity index is 0.00000242. The smallest absolute Gasteiger partial charge is 0.416 e. The molecule has 1 unspecified atom stereocenters. The predicted molar refractivity (Wildman–Crippen MR) is 78.1 cm³/mol. The van der Waals surface area contributed by atoms with Crippen molar-refractivity contribution < 1.29 is 22.7 Å². The maximum atomic E-state index is 13.0. The van der Waals surface area contributed by atoms with Crippen LogP contribution in [0.5, 0.6) is 5.75 Å². The molecule has 1 aromatic rings. The first kappa shape index (κ1) is 18.6. The van der Waals surface area contributed by atoms with Gasteiger partial charge in [-0.2, -0.15) is 13.2 Å². The second kappa shape index (κ2) is 7.69. The second-order valence-corrected chi connectivity index (χ2v) is 4.89. The van der Waals surface area contributed by atoms with Crippen LogP contribution in [0.1, 0.15) is 24.0 Å². The van der Waals surface area contributed by atoms with Crippen LogP contribution < -0.4 is 15.4 Å². The first-order valence-corrected chi connectivity index (χ1v) is 6.67. The van der Waals surface area contributed by atoms with Crippen molar-refractivity contribution in [3.8, 4) is 5.75 Å². The van der Waals surface area contributed by atoms with E-state index >= 15 is 0 Å². The number of carbonyl (C=O) groups is 1. The van der Waals surface area contributed by atoms with Crippen LogP contribution in [0.15, 0.2) is 18.2 Å². The zero-order valence-corrected chi connectivity index (χ0v) is 12.8.